The zero-order valence-electron chi connectivity index (χ0n) is 26.4. The molecular formula is C35H39F2N5O4. The molecule has 1 aliphatic carbocycles. The number of methoxy groups -OCH3 is 1. The number of likely N-dealkylation sites (tertiary alicyclic amines) is 1. The van der Waals surface area contributed by atoms with Gasteiger partial charge < -0.3 is 29.5 Å². The number of rotatable bonds is 10. The molecule has 1 aliphatic heterocycles. The van der Waals surface area contributed by atoms with Gasteiger partial charge in [-0.3, -0.25) is 0 Å². The summed E-state index contributed by atoms with van der Waals surface area (Å²) < 4.78 is 43.9. The van der Waals surface area contributed by atoms with E-state index in [4.69, 9.17) is 20.9 Å². The molecule has 2 aromatic carbocycles. The van der Waals surface area contributed by atoms with Gasteiger partial charge in [-0.05, 0) is 69.3 Å². The van der Waals surface area contributed by atoms with Gasteiger partial charge in [-0.1, -0.05) is 31.8 Å². The second kappa shape index (κ2) is 12.9. The first-order valence-electron chi connectivity index (χ1n) is 15.8. The summed E-state index contributed by atoms with van der Waals surface area (Å²) in [6.45, 7) is 3.49. The molecule has 0 spiro atoms. The number of pyridine rings is 1. The number of nitrogens with zero attached hydrogens (tertiary/aromatic N) is 5. The topological polar surface area (TPSA) is 104 Å². The Kier molecular flexibility index (Phi) is 8.86. The third-order valence-corrected chi connectivity index (χ3v) is 9.67. The van der Waals surface area contributed by atoms with Gasteiger partial charge in [-0.25, -0.2) is 13.8 Å². The lowest BCUT2D eigenvalue weighted by atomic mass is 9.76. The Balaban J connectivity index is 1.57. The highest BCUT2D eigenvalue weighted by molar-refractivity contribution is 6.04. The molecule has 242 valence electrons. The van der Waals surface area contributed by atoms with Crippen LogP contribution in [0.2, 0.25) is 0 Å². The molecule has 6 rings (SSSR count). The van der Waals surface area contributed by atoms with Crippen molar-refractivity contribution in [3.8, 4) is 41.2 Å². The quantitative estimate of drug-likeness (QED) is 0.161. The second-order valence-electron chi connectivity index (χ2n) is 12.4. The van der Waals surface area contributed by atoms with Crippen molar-refractivity contribution in [3.05, 3.63) is 41.5 Å². The molecule has 2 N–H and O–H groups in total. The number of fused-ring (bicyclic) bond motifs is 3. The molecule has 0 amide bonds. The fourth-order valence-corrected chi connectivity index (χ4v) is 7.45. The number of ether oxygens (including phenoxy) is 2. The van der Waals surface area contributed by atoms with E-state index in [1.807, 2.05) is 6.92 Å². The number of aromatic hydroxyl groups is 1. The molecule has 2 fully saturated rings. The standard InChI is InChI=1S/C35H39F2N5O4/c1-5-7-16-42(20-43)32-28-31(39-34(40-32)46-19-35-13-8-10-26(35)41(3)15-9-14-35)29(37)30(38-33(28)45-4)24-18-22(44)17-21-11-12-25(36)23(6-2)27(21)24/h2,11-12,17-18,26,43-44H,5,7-10,13-16,19-20H2,1,3-4H3. The van der Waals surface area contributed by atoms with Gasteiger partial charge in [0.2, 0.25) is 5.88 Å². The van der Waals surface area contributed by atoms with Gasteiger partial charge in [-0.2, -0.15) is 9.97 Å². The molecule has 46 heavy (non-hydrogen) atoms. The van der Waals surface area contributed by atoms with E-state index in [1.54, 1.807) is 4.90 Å². The first-order valence-corrected chi connectivity index (χ1v) is 15.8. The first kappa shape index (κ1) is 31.7. The summed E-state index contributed by atoms with van der Waals surface area (Å²) in [5.41, 5.74) is -0.455. The number of halogens is 2. The Morgan fingerprint density at radius 1 is 1.15 bits per heavy atom. The molecule has 2 atom stereocenters. The maximum atomic E-state index is 16.9. The number of piperidine rings is 1. The van der Waals surface area contributed by atoms with Crippen molar-refractivity contribution < 1.29 is 28.5 Å². The predicted molar refractivity (Wildman–Crippen MR) is 173 cm³/mol. The van der Waals surface area contributed by atoms with Crippen molar-refractivity contribution in [2.75, 3.05) is 45.5 Å². The number of anilines is 1. The molecule has 3 heterocycles. The molecule has 4 aromatic rings. The largest absolute Gasteiger partial charge is 0.508 e. The smallest absolute Gasteiger partial charge is 0.319 e. The molecule has 1 saturated heterocycles. The van der Waals surface area contributed by atoms with E-state index in [9.17, 15) is 14.6 Å². The van der Waals surface area contributed by atoms with Gasteiger partial charge in [-0.15, -0.1) is 6.42 Å². The van der Waals surface area contributed by atoms with Crippen LogP contribution in [0.15, 0.2) is 24.3 Å². The Hall–Kier alpha value is -4.27. The molecule has 2 aliphatic rings. The highest BCUT2D eigenvalue weighted by Crippen LogP contribution is 2.48. The molecule has 2 unspecified atom stereocenters. The average molecular weight is 632 g/mol. The monoisotopic (exact) mass is 631 g/mol. The van der Waals surface area contributed by atoms with Crippen molar-refractivity contribution in [1.82, 2.24) is 19.9 Å². The van der Waals surface area contributed by atoms with Crippen LogP contribution in [0.1, 0.15) is 57.4 Å². The number of hydrogen-bond donors (Lipinski definition) is 2. The fourth-order valence-electron chi connectivity index (χ4n) is 7.45. The number of hydrogen-bond acceptors (Lipinski definition) is 9. The number of unbranched alkanes of at least 4 members (excludes halogenated alkanes) is 1. The number of aliphatic hydroxyl groups is 1. The van der Waals surface area contributed by atoms with Crippen molar-refractivity contribution in [2.45, 2.75) is 57.9 Å². The molecular weight excluding hydrogens is 592 g/mol. The fraction of sp³-hybridized carbons (Fsp3) is 0.457. The number of terminal acetylenes is 1. The molecule has 2 aromatic heterocycles. The minimum Gasteiger partial charge on any atom is -0.508 e. The minimum absolute atomic E-state index is 0.0126. The van der Waals surface area contributed by atoms with Gasteiger partial charge in [0, 0.05) is 29.0 Å². The molecule has 9 nitrogen and oxygen atoms in total. The van der Waals surface area contributed by atoms with Gasteiger partial charge in [0.05, 0.1) is 19.3 Å². The van der Waals surface area contributed by atoms with E-state index in [0.29, 0.717) is 24.6 Å². The molecule has 1 saturated carbocycles. The Bertz CT molecular complexity index is 1830. The van der Waals surface area contributed by atoms with Crippen LogP contribution in [-0.2, 0) is 0 Å². The van der Waals surface area contributed by atoms with E-state index in [0.717, 1.165) is 51.5 Å². The minimum atomic E-state index is -0.855. The maximum Gasteiger partial charge on any atom is 0.319 e. The van der Waals surface area contributed by atoms with Crippen LogP contribution >= 0.6 is 0 Å². The number of aromatic nitrogens is 3. The second-order valence-corrected chi connectivity index (χ2v) is 12.4. The maximum absolute atomic E-state index is 16.9. The Labute approximate surface area is 267 Å². The normalized spacial score (nSPS) is 19.7. The summed E-state index contributed by atoms with van der Waals surface area (Å²) in [4.78, 5) is 17.8. The van der Waals surface area contributed by atoms with Crippen molar-refractivity contribution >= 4 is 27.5 Å². The van der Waals surface area contributed by atoms with Crippen LogP contribution in [0, 0.1) is 29.4 Å². The highest BCUT2D eigenvalue weighted by atomic mass is 19.1. The summed E-state index contributed by atoms with van der Waals surface area (Å²) in [5, 5.41) is 21.8. The van der Waals surface area contributed by atoms with E-state index in [-0.39, 0.29) is 62.0 Å². The Morgan fingerprint density at radius 2 is 1.96 bits per heavy atom. The van der Waals surface area contributed by atoms with Gasteiger partial charge in [0.25, 0.3) is 0 Å². The molecule has 11 heteroatoms. The lowest BCUT2D eigenvalue weighted by molar-refractivity contribution is 0.0133. The van der Waals surface area contributed by atoms with Gasteiger partial charge in [0.15, 0.2) is 11.6 Å². The molecule has 0 bridgehead atoms. The zero-order valence-corrected chi connectivity index (χ0v) is 26.4. The summed E-state index contributed by atoms with van der Waals surface area (Å²) in [5.74, 6) is 0.872. The number of phenols is 1. The van der Waals surface area contributed by atoms with E-state index in [1.165, 1.54) is 31.4 Å². The zero-order chi connectivity index (χ0) is 32.6. The average Bonchev–Trinajstić information content (AvgIpc) is 3.50. The number of aliphatic hydroxyl groups excluding tert-OH is 1. The summed E-state index contributed by atoms with van der Waals surface area (Å²) >= 11 is 0. The lowest BCUT2D eigenvalue weighted by Gasteiger charge is -2.44. The van der Waals surface area contributed by atoms with Crippen molar-refractivity contribution in [2.24, 2.45) is 5.41 Å². The van der Waals surface area contributed by atoms with E-state index >= 15 is 4.39 Å². The van der Waals surface area contributed by atoms with Gasteiger partial charge in [0.1, 0.15) is 34.9 Å². The van der Waals surface area contributed by atoms with Crippen LogP contribution in [0.3, 0.4) is 0 Å². The van der Waals surface area contributed by atoms with Crippen LogP contribution in [0.5, 0.6) is 17.6 Å². The predicted octanol–water partition coefficient (Wildman–Crippen LogP) is 6.02. The van der Waals surface area contributed by atoms with Crippen LogP contribution in [-0.4, -0.2) is 76.7 Å². The molecule has 0 radical (unpaired) electrons. The van der Waals surface area contributed by atoms with Gasteiger partial charge >= 0.3 is 6.01 Å². The lowest BCUT2D eigenvalue weighted by Crippen LogP contribution is -2.50. The van der Waals surface area contributed by atoms with Crippen LogP contribution in [0.25, 0.3) is 32.9 Å². The van der Waals surface area contributed by atoms with E-state index < -0.39 is 18.4 Å². The summed E-state index contributed by atoms with van der Waals surface area (Å²) in [6, 6.07) is 5.73. The SMILES string of the molecule is C#Cc1c(F)ccc2cc(O)cc(-c3nc(OC)c4c(N(CO)CCCC)nc(OCC56CCCC5N(C)CCC6)nc4c3F)c12. The highest BCUT2D eigenvalue weighted by Gasteiger charge is 2.47. The van der Waals surface area contributed by atoms with Crippen LogP contribution in [0.4, 0.5) is 14.6 Å². The third kappa shape index (κ3) is 5.43. The number of benzene rings is 2. The Morgan fingerprint density at radius 3 is 2.70 bits per heavy atom. The summed E-state index contributed by atoms with van der Waals surface area (Å²) in [7, 11) is 3.54. The summed E-state index contributed by atoms with van der Waals surface area (Å²) in [6.07, 6.45) is 12.6. The van der Waals surface area contributed by atoms with Crippen molar-refractivity contribution in [3.63, 3.8) is 0 Å². The van der Waals surface area contributed by atoms with Crippen LogP contribution < -0.4 is 14.4 Å². The van der Waals surface area contributed by atoms with E-state index in [2.05, 4.69) is 27.8 Å². The number of phenolic OH excluding ortho intramolecular Hbond substituents is 1. The van der Waals surface area contributed by atoms with Crippen molar-refractivity contribution in [1.29, 1.82) is 0 Å². The first-order chi connectivity index (χ1) is 22.2. The third-order valence-electron chi connectivity index (χ3n) is 9.67.